The lowest BCUT2D eigenvalue weighted by Gasteiger charge is -2.22. The molecule has 0 rings (SSSR count). The van der Waals surface area contributed by atoms with Crippen molar-refractivity contribution in [2.45, 2.75) is 266 Å². The summed E-state index contributed by atoms with van der Waals surface area (Å²) >= 11 is 0. The molecule has 0 bridgehead atoms. The van der Waals surface area contributed by atoms with Gasteiger partial charge < -0.3 is 143 Å². The third kappa shape index (κ3) is 76.4. The van der Waals surface area contributed by atoms with Crippen LogP contribution in [0, 0.1) is 45.3 Å². The van der Waals surface area contributed by atoms with E-state index in [1.54, 1.807) is 83.1 Å². The number of ether oxygens (including phenoxy) is 8. The maximum Gasteiger partial charge on any atom is 0.314 e. The molecule has 44 nitrogen and oxygen atoms in total. The molecule has 0 aromatic carbocycles. The van der Waals surface area contributed by atoms with Crippen LogP contribution < -0.4 is 63.8 Å². The molecule has 0 aliphatic rings. The van der Waals surface area contributed by atoms with E-state index in [1.165, 1.54) is 55.9 Å². The van der Waals surface area contributed by atoms with Gasteiger partial charge >= 0.3 is 71.9 Å². The van der Waals surface area contributed by atoms with E-state index in [2.05, 4.69) is 63.8 Å². The van der Waals surface area contributed by atoms with Crippen LogP contribution in [0.3, 0.4) is 0 Å². The molecule has 0 aliphatic carbocycles. The number of carbonyl (C=O) groups is 16. The number of amides is 12. The van der Waals surface area contributed by atoms with Crippen molar-refractivity contribution in [1.29, 1.82) is 0 Å². The van der Waals surface area contributed by atoms with E-state index < -0.39 is 82.3 Å². The average molecular weight is 1850 g/mol. The molecule has 0 aromatic heterocycles. The van der Waals surface area contributed by atoms with Crippen LogP contribution in [0.5, 0.6) is 0 Å². The van der Waals surface area contributed by atoms with Crippen LogP contribution in [-0.2, 0) is 95.4 Å². The molecule has 0 fully saturated rings. The summed E-state index contributed by atoms with van der Waals surface area (Å²) < 4.78 is 39.6. The molecular weight excluding hydrogens is 1690 g/mol. The van der Waals surface area contributed by atoms with Crippen LogP contribution >= 0.6 is 0 Å². The summed E-state index contributed by atoms with van der Waals surface area (Å²) in [5, 5.41) is 102. The smallest absolute Gasteiger partial charge is 0.314 e. The summed E-state index contributed by atoms with van der Waals surface area (Å²) in [4.78, 5) is 177. The molecule has 0 aromatic rings. The highest BCUT2D eigenvalue weighted by molar-refractivity contribution is 5.80. The van der Waals surface area contributed by atoms with Gasteiger partial charge in [0, 0.05) is 82.1 Å². The van der Waals surface area contributed by atoms with Gasteiger partial charge in [-0.3, -0.25) is 57.5 Å². The van der Waals surface area contributed by atoms with Gasteiger partial charge in [-0.2, -0.15) is 0 Å². The van der Waals surface area contributed by atoms with Gasteiger partial charge in [0.25, 0.3) is 0 Å². The van der Waals surface area contributed by atoms with Gasteiger partial charge in [-0.25, -0.2) is 19.2 Å². The standard InChI is InChI=1S/2C11H22N2O4.2C11H21NO4.2C10H20N2O4.2C10H19NO4/c1-5-11(2,3)9(15)17-7-8(6-14)13-10(16)12-4;1-5-11(2,3)9(15)17-7-8(14)6-13-10(16)12-4;1-5-11(3,4)10(15)16-7-9(6-13)12-8(2)14;1-5-11(3,4)10(15)16-7-9(14)6-12-8(2)13;1-4-7(2)9(14)16-6-8(5-13)12-10(15)11-3;1-4-7(2)9(14)16-6-8(13)5-12-10(15)11-3;1-4-7(2)10(14)15-6-9(5-12)11-8(3)13;1-4-7(2)10(14)15-6-9(13)5-11-8(3)12/h2*8,14H,5-7H2,1-4H3,(H2,12,13,16);9,13H,5-7H2,1-4H3,(H,12,14);9,14H,5-7H2,1-4H3,(H,12,13);2*7-8,13H,4-6H2,1-3H3,(H2,11,12,15);7,9,12H,4-6H2,1-3H3,(H,11,13);7,9,13H,4-6H2,1-3H3,(H,11,12). The Hall–Kier alpha value is -9.60. The normalized spacial score (nSPS) is 13.4. The van der Waals surface area contributed by atoms with E-state index in [1.807, 2.05) is 55.4 Å². The Morgan fingerprint density at radius 2 is 0.445 bits per heavy atom. The molecule has 0 radical (unpaired) electrons. The van der Waals surface area contributed by atoms with Gasteiger partial charge in [0.1, 0.15) is 77.3 Å². The fourth-order valence-corrected chi connectivity index (χ4v) is 7.02. The molecule has 12 unspecified atom stereocenters. The summed E-state index contributed by atoms with van der Waals surface area (Å²) in [7, 11) is 5.89. The van der Waals surface area contributed by atoms with Crippen molar-refractivity contribution in [2.75, 3.05) is 134 Å². The number of nitrogens with one attached hydrogen (secondary N) is 12. The van der Waals surface area contributed by atoms with E-state index >= 15 is 0 Å². The second-order valence-corrected chi connectivity index (χ2v) is 31.9. The van der Waals surface area contributed by atoms with Crippen LogP contribution in [0.1, 0.15) is 218 Å². The Morgan fingerprint density at radius 1 is 0.266 bits per heavy atom. The predicted molar refractivity (Wildman–Crippen MR) is 474 cm³/mol. The first-order valence-corrected chi connectivity index (χ1v) is 42.8. The highest BCUT2D eigenvalue weighted by Gasteiger charge is 2.32. The molecule has 0 spiro atoms. The van der Waals surface area contributed by atoms with Crippen molar-refractivity contribution in [3.05, 3.63) is 0 Å². The molecule has 0 saturated heterocycles. The van der Waals surface area contributed by atoms with Crippen LogP contribution in [0.2, 0.25) is 0 Å². The van der Waals surface area contributed by atoms with Gasteiger partial charge in [-0.15, -0.1) is 0 Å². The zero-order chi connectivity index (χ0) is 101. The molecule has 44 heteroatoms. The number of esters is 8. The first-order valence-electron chi connectivity index (χ1n) is 42.8. The van der Waals surface area contributed by atoms with E-state index in [4.69, 9.17) is 58.3 Å². The predicted octanol–water partition coefficient (Wildman–Crippen LogP) is 1.31. The highest BCUT2D eigenvalue weighted by atomic mass is 16.6. The zero-order valence-electron chi connectivity index (χ0n) is 81.3. The molecule has 0 aliphatic heterocycles. The van der Waals surface area contributed by atoms with Gasteiger partial charge in [-0.1, -0.05) is 83.1 Å². The van der Waals surface area contributed by atoms with Gasteiger partial charge in [0.15, 0.2) is 0 Å². The maximum atomic E-state index is 11.6. The number of carbonyl (C=O) groups excluding carboxylic acids is 16. The maximum absolute atomic E-state index is 11.6. The fraction of sp³-hybridized carbons (Fsp3) is 0.810. The van der Waals surface area contributed by atoms with E-state index in [0.29, 0.717) is 51.4 Å². The minimum absolute atomic E-state index is 0.00164. The third-order valence-corrected chi connectivity index (χ3v) is 18.6. The Bertz CT molecular complexity index is 3130. The second-order valence-electron chi connectivity index (χ2n) is 31.9. The number of aliphatic hydroxyl groups excluding tert-OH is 8. The summed E-state index contributed by atoms with van der Waals surface area (Å²) in [5.41, 5.74) is -2.16. The second kappa shape index (κ2) is 78.4. The van der Waals surface area contributed by atoms with Crippen molar-refractivity contribution in [2.24, 2.45) is 45.3 Å². The van der Waals surface area contributed by atoms with Crippen LogP contribution in [0.4, 0.5) is 19.2 Å². The number of urea groups is 4. The summed E-state index contributed by atoms with van der Waals surface area (Å²) in [5.74, 6) is -4.22. The van der Waals surface area contributed by atoms with E-state index in [-0.39, 0.29) is 213 Å². The molecule has 0 heterocycles. The fourth-order valence-electron chi connectivity index (χ4n) is 7.02. The van der Waals surface area contributed by atoms with Crippen LogP contribution in [-0.4, -0.2) is 319 Å². The largest absolute Gasteiger partial charge is 0.463 e. The molecule has 20 N–H and O–H groups in total. The first-order chi connectivity index (χ1) is 59.3. The molecule has 12 atom stereocenters. The van der Waals surface area contributed by atoms with Gasteiger partial charge in [0.2, 0.25) is 23.6 Å². The molecule has 0 saturated carbocycles. The summed E-state index contributed by atoms with van der Waals surface area (Å²) in [6.07, 6.45) is 2.01. The number of hydrogen-bond donors (Lipinski definition) is 20. The van der Waals surface area contributed by atoms with E-state index in [0.717, 1.165) is 0 Å². The monoisotopic (exact) mass is 1850 g/mol. The Labute approximate surface area is 757 Å². The lowest BCUT2D eigenvalue weighted by Crippen LogP contribution is -2.45. The Balaban J connectivity index is -0.000000214. The molecule has 128 heavy (non-hydrogen) atoms. The van der Waals surface area contributed by atoms with Gasteiger partial charge in [0.05, 0.1) is 95.9 Å². The molecular formula is C84H164N12O32. The first kappa shape index (κ1) is 134. The van der Waals surface area contributed by atoms with Crippen molar-refractivity contribution in [3.8, 4) is 0 Å². The summed E-state index contributed by atoms with van der Waals surface area (Å²) in [6.45, 7) is 40.7. The SMILES string of the molecule is CCC(C)(C)C(=O)OCC(CO)NC(=O)NC.CCC(C)(C)C(=O)OCC(CO)NC(C)=O.CCC(C)(C)C(=O)OCC(O)CNC(=O)NC.CCC(C)(C)C(=O)OCC(O)CNC(C)=O.CCC(C)C(=O)OCC(CO)NC(=O)NC.CCC(C)C(=O)OCC(CO)NC(C)=O.CCC(C)C(=O)OCC(O)CNC(=O)NC.CCC(C)C(=O)OCC(O)CNC(C)=O. The Morgan fingerprint density at radius 3 is 0.625 bits per heavy atom. The quantitative estimate of drug-likeness (QED) is 0.0302. The minimum atomic E-state index is -0.899. The topological polar surface area (TPSA) is 653 Å². The number of aliphatic hydroxyl groups is 8. The Kier molecular flexibility index (Phi) is 82.1. The van der Waals surface area contributed by atoms with Crippen molar-refractivity contribution in [3.63, 3.8) is 0 Å². The van der Waals surface area contributed by atoms with Crippen LogP contribution in [0.15, 0.2) is 0 Å². The summed E-state index contributed by atoms with van der Waals surface area (Å²) in [6, 6.07) is -3.82. The van der Waals surface area contributed by atoms with E-state index in [9.17, 15) is 97.1 Å². The third-order valence-electron chi connectivity index (χ3n) is 18.6. The molecule has 752 valence electrons. The van der Waals surface area contributed by atoms with Crippen molar-refractivity contribution >= 4 is 95.5 Å². The number of hydrogen-bond acceptors (Lipinski definition) is 32. The minimum Gasteiger partial charge on any atom is -0.463 e. The molecule has 12 amide bonds. The highest BCUT2D eigenvalue weighted by Crippen LogP contribution is 2.24. The average Bonchev–Trinajstić information content (AvgIpc) is 0.886. The lowest BCUT2D eigenvalue weighted by atomic mass is 9.91. The lowest BCUT2D eigenvalue weighted by molar-refractivity contribution is -0.157. The van der Waals surface area contributed by atoms with Crippen molar-refractivity contribution < 1.29 is 155 Å². The van der Waals surface area contributed by atoms with Crippen LogP contribution in [0.25, 0.3) is 0 Å². The van der Waals surface area contributed by atoms with Crippen molar-refractivity contribution in [1.82, 2.24) is 63.8 Å². The van der Waals surface area contributed by atoms with Gasteiger partial charge in [-0.05, 0) is 107 Å². The zero-order valence-corrected chi connectivity index (χ0v) is 81.3. The number of rotatable bonds is 48.